The van der Waals surface area contributed by atoms with E-state index >= 15 is 0 Å². The third kappa shape index (κ3) is 2.60. The number of alkyl halides is 3. The highest BCUT2D eigenvalue weighted by molar-refractivity contribution is 5.67. The fourth-order valence-corrected chi connectivity index (χ4v) is 2.71. The van der Waals surface area contributed by atoms with Crippen molar-refractivity contribution >= 4 is 6.08 Å². The molecule has 2 aliphatic heterocycles. The zero-order valence-corrected chi connectivity index (χ0v) is 10.7. The molecule has 0 bridgehead atoms. The maximum atomic E-state index is 12.4. The van der Waals surface area contributed by atoms with Crippen LogP contribution in [0.3, 0.4) is 0 Å². The summed E-state index contributed by atoms with van der Waals surface area (Å²) in [6, 6.07) is 4.50. The van der Waals surface area contributed by atoms with E-state index in [1.54, 1.807) is 12.1 Å². The Balaban J connectivity index is 1.91. The maximum absolute atomic E-state index is 12.4. The van der Waals surface area contributed by atoms with Crippen LogP contribution in [0.5, 0.6) is 11.5 Å². The Morgan fingerprint density at radius 2 is 1.95 bits per heavy atom. The van der Waals surface area contributed by atoms with Gasteiger partial charge in [0.15, 0.2) is 0 Å². The first-order chi connectivity index (χ1) is 9.48. The Hall–Kier alpha value is -1.69. The topological polar surface area (TPSA) is 35.1 Å². The molecule has 2 heterocycles. The third-order valence-electron chi connectivity index (χ3n) is 3.66. The molecule has 1 spiro atoms. The van der Waals surface area contributed by atoms with Crippen molar-refractivity contribution in [3.8, 4) is 11.5 Å². The van der Waals surface area contributed by atoms with E-state index in [-0.39, 0.29) is 11.4 Å². The fourth-order valence-electron chi connectivity index (χ4n) is 2.71. The monoisotopic (exact) mass is 286 g/mol. The second kappa shape index (κ2) is 4.70. The molecular weight excluding hydrogens is 271 g/mol. The quantitative estimate of drug-likeness (QED) is 0.858. The zero-order valence-electron chi connectivity index (χ0n) is 10.7. The van der Waals surface area contributed by atoms with Crippen LogP contribution in [-0.2, 0) is 0 Å². The van der Waals surface area contributed by atoms with Crippen LogP contribution in [0.4, 0.5) is 13.2 Å². The summed E-state index contributed by atoms with van der Waals surface area (Å²) in [5.41, 5.74) is -0.0245. The molecule has 1 aromatic rings. The molecule has 1 fully saturated rings. The third-order valence-corrected chi connectivity index (χ3v) is 3.66. The second-order valence-corrected chi connectivity index (χ2v) is 5.08. The average molecular weight is 286 g/mol. The highest BCUT2D eigenvalue weighted by Crippen LogP contribution is 2.40. The molecule has 108 valence electrons. The van der Waals surface area contributed by atoms with E-state index in [0.29, 0.717) is 11.3 Å². The van der Waals surface area contributed by atoms with Gasteiger partial charge in [-0.15, -0.1) is 13.2 Å². The summed E-state index contributed by atoms with van der Waals surface area (Å²) in [6.45, 7) is 1.91. The van der Waals surface area contributed by atoms with Gasteiger partial charge in [-0.2, -0.15) is 0 Å². The summed E-state index contributed by atoms with van der Waals surface area (Å²) >= 11 is 0. The molecule has 3 rings (SSSR count). The summed E-state index contributed by atoms with van der Waals surface area (Å²) < 4.78 is 47.1. The van der Waals surface area contributed by atoms with Crippen molar-refractivity contribution in [2.75, 3.05) is 13.1 Å². The summed E-state index contributed by atoms with van der Waals surface area (Å²) in [7, 11) is 0. The summed E-state index contributed by atoms with van der Waals surface area (Å²) in [6.07, 6.45) is 0.565. The summed E-state index contributed by atoms with van der Waals surface area (Å²) in [5, 5.41) is 2.21. The maximum Gasteiger partial charge on any atom is 0.573 e. The molecular formula is C14H15F3NO2+. The van der Waals surface area contributed by atoms with E-state index in [4.69, 9.17) is 4.74 Å². The number of nitrogens with two attached hydrogens (primary N) is 1. The lowest BCUT2D eigenvalue weighted by Crippen LogP contribution is -2.88. The zero-order chi connectivity index (χ0) is 14.2. The van der Waals surface area contributed by atoms with Crippen LogP contribution >= 0.6 is 0 Å². The van der Waals surface area contributed by atoms with Gasteiger partial charge in [0.25, 0.3) is 0 Å². The van der Waals surface area contributed by atoms with Crippen molar-refractivity contribution < 1.29 is 28.0 Å². The lowest BCUT2D eigenvalue weighted by Gasteiger charge is -2.37. The number of hydrogen-bond donors (Lipinski definition) is 1. The molecule has 0 atom stereocenters. The number of benzene rings is 1. The Morgan fingerprint density at radius 3 is 2.65 bits per heavy atom. The van der Waals surface area contributed by atoms with Crippen LogP contribution in [0.1, 0.15) is 18.4 Å². The Morgan fingerprint density at radius 1 is 1.20 bits per heavy atom. The molecule has 2 aliphatic rings. The largest absolute Gasteiger partial charge is 0.573 e. The highest BCUT2D eigenvalue weighted by Gasteiger charge is 2.38. The van der Waals surface area contributed by atoms with Gasteiger partial charge in [-0.1, -0.05) is 6.07 Å². The predicted molar refractivity (Wildman–Crippen MR) is 66.4 cm³/mol. The minimum Gasteiger partial charge on any atom is -0.482 e. The van der Waals surface area contributed by atoms with E-state index in [2.05, 4.69) is 10.1 Å². The first-order valence-corrected chi connectivity index (χ1v) is 6.56. The molecule has 3 nitrogen and oxygen atoms in total. The molecule has 0 unspecified atom stereocenters. The molecule has 1 aromatic carbocycles. The van der Waals surface area contributed by atoms with Gasteiger partial charge in [0, 0.05) is 12.8 Å². The number of fused-ring (bicyclic) bond motifs is 1. The van der Waals surface area contributed by atoms with Crippen molar-refractivity contribution in [3.63, 3.8) is 0 Å². The number of quaternary nitrogens is 1. The first-order valence-electron chi connectivity index (χ1n) is 6.56. The Bertz CT molecular complexity index is 534. The molecule has 0 aliphatic carbocycles. The van der Waals surface area contributed by atoms with Crippen LogP contribution in [0.2, 0.25) is 0 Å². The van der Waals surface area contributed by atoms with Crippen LogP contribution in [0, 0.1) is 0 Å². The Labute approximate surface area is 114 Å². The van der Waals surface area contributed by atoms with E-state index in [9.17, 15) is 13.2 Å². The first kappa shape index (κ1) is 13.3. The van der Waals surface area contributed by atoms with Crippen molar-refractivity contribution in [2.45, 2.75) is 24.8 Å². The fraction of sp³-hybridized carbons (Fsp3) is 0.429. The molecule has 0 amide bonds. The van der Waals surface area contributed by atoms with Crippen molar-refractivity contribution in [1.29, 1.82) is 0 Å². The van der Waals surface area contributed by atoms with E-state index < -0.39 is 6.36 Å². The lowest BCUT2D eigenvalue weighted by atomic mass is 9.89. The highest BCUT2D eigenvalue weighted by atomic mass is 19.4. The van der Waals surface area contributed by atoms with Crippen LogP contribution in [0.25, 0.3) is 6.08 Å². The minimum absolute atomic E-state index is 0.219. The van der Waals surface area contributed by atoms with Gasteiger partial charge in [-0.25, -0.2) is 0 Å². The normalized spacial score (nSPS) is 20.4. The molecule has 0 aromatic heterocycles. The Kier molecular flexibility index (Phi) is 3.12. The number of ether oxygens (including phenoxy) is 2. The van der Waals surface area contributed by atoms with Crippen LogP contribution in [0.15, 0.2) is 24.3 Å². The number of halogens is 3. The van der Waals surface area contributed by atoms with Gasteiger partial charge >= 0.3 is 6.36 Å². The van der Waals surface area contributed by atoms with Crippen LogP contribution in [-0.4, -0.2) is 25.1 Å². The van der Waals surface area contributed by atoms with Gasteiger partial charge in [-0.05, 0) is 24.3 Å². The number of piperidine rings is 1. The molecule has 0 radical (unpaired) electrons. The van der Waals surface area contributed by atoms with Gasteiger partial charge < -0.3 is 14.8 Å². The van der Waals surface area contributed by atoms with E-state index in [0.717, 1.165) is 25.9 Å². The van der Waals surface area contributed by atoms with Gasteiger partial charge in [0.05, 0.1) is 18.7 Å². The molecule has 1 saturated heterocycles. The summed E-state index contributed by atoms with van der Waals surface area (Å²) in [4.78, 5) is 0. The van der Waals surface area contributed by atoms with Crippen molar-refractivity contribution in [2.24, 2.45) is 0 Å². The van der Waals surface area contributed by atoms with Gasteiger partial charge in [0.2, 0.25) is 0 Å². The molecule has 6 heteroatoms. The van der Waals surface area contributed by atoms with Gasteiger partial charge in [0.1, 0.15) is 17.1 Å². The molecule has 0 saturated carbocycles. The van der Waals surface area contributed by atoms with Crippen LogP contribution < -0.4 is 14.8 Å². The van der Waals surface area contributed by atoms with Crippen molar-refractivity contribution in [1.82, 2.24) is 0 Å². The van der Waals surface area contributed by atoms with Gasteiger partial charge in [-0.3, -0.25) is 0 Å². The predicted octanol–water partition coefficient (Wildman–Crippen LogP) is 2.09. The second-order valence-electron chi connectivity index (χ2n) is 5.08. The van der Waals surface area contributed by atoms with E-state index in [1.165, 1.54) is 12.1 Å². The lowest BCUT2D eigenvalue weighted by molar-refractivity contribution is -0.666. The van der Waals surface area contributed by atoms with E-state index in [1.807, 2.05) is 6.08 Å². The average Bonchev–Trinajstić information content (AvgIpc) is 2.38. The molecule has 20 heavy (non-hydrogen) atoms. The SMILES string of the molecule is FC(F)(F)Oc1cccc2c1C=CC1(CC[NH2+]CC1)O2. The molecule has 2 N–H and O–H groups in total. The standard InChI is InChI=1S/C14H14F3NO2/c15-14(16,17)20-12-3-1-2-11-10(12)4-5-13(19-11)6-8-18-9-7-13/h1-5,18H,6-9H2/p+1. The summed E-state index contributed by atoms with van der Waals surface area (Å²) in [5.74, 6) is 0.236. The minimum atomic E-state index is -4.70. The van der Waals surface area contributed by atoms with Crippen molar-refractivity contribution in [3.05, 3.63) is 29.8 Å². The number of hydrogen-bond acceptors (Lipinski definition) is 2. The number of rotatable bonds is 1. The smallest absolute Gasteiger partial charge is 0.482 e.